The maximum atomic E-state index is 12.6. The van der Waals surface area contributed by atoms with Gasteiger partial charge in [-0.15, -0.1) is 0 Å². The number of hydrogen-bond donors (Lipinski definition) is 1. The van der Waals surface area contributed by atoms with Crippen LogP contribution in [0.15, 0.2) is 60.7 Å². The first-order valence-corrected chi connectivity index (χ1v) is 8.05. The summed E-state index contributed by atoms with van der Waals surface area (Å²) in [6, 6.07) is 19.2. The summed E-state index contributed by atoms with van der Waals surface area (Å²) >= 11 is 0. The molecule has 1 heterocycles. The third-order valence-corrected chi connectivity index (χ3v) is 3.79. The first-order valence-electron chi connectivity index (χ1n) is 8.05. The van der Waals surface area contributed by atoms with Crippen molar-refractivity contribution in [2.24, 2.45) is 0 Å². The van der Waals surface area contributed by atoms with E-state index in [4.69, 9.17) is 0 Å². The average Bonchev–Trinajstić information content (AvgIpc) is 2.61. The number of carbonyl (C=O) groups excluding carboxylic acids is 1. The van der Waals surface area contributed by atoms with E-state index in [1.165, 1.54) is 0 Å². The molecule has 0 bridgehead atoms. The summed E-state index contributed by atoms with van der Waals surface area (Å²) in [7, 11) is 1.88. The summed E-state index contributed by atoms with van der Waals surface area (Å²) in [6.45, 7) is 3.84. The van der Waals surface area contributed by atoms with E-state index in [-0.39, 0.29) is 5.91 Å². The molecule has 1 aromatic heterocycles. The SMILES string of the molecule is Cc1cccc(NC(=O)c2cc(C)nc(N(C)c3ccccc3)n2)c1. The second-order valence-corrected chi connectivity index (χ2v) is 5.91. The van der Waals surface area contributed by atoms with E-state index in [1.54, 1.807) is 6.07 Å². The molecule has 0 atom stereocenters. The van der Waals surface area contributed by atoms with Crippen LogP contribution in [0.25, 0.3) is 0 Å². The smallest absolute Gasteiger partial charge is 0.274 e. The Bertz CT molecular complexity index is 893. The van der Waals surface area contributed by atoms with Gasteiger partial charge in [0, 0.05) is 24.1 Å². The molecular formula is C20H20N4O. The predicted molar refractivity (Wildman–Crippen MR) is 100 cm³/mol. The van der Waals surface area contributed by atoms with E-state index < -0.39 is 0 Å². The van der Waals surface area contributed by atoms with Gasteiger partial charge in [-0.05, 0) is 49.7 Å². The van der Waals surface area contributed by atoms with Crippen LogP contribution >= 0.6 is 0 Å². The van der Waals surface area contributed by atoms with Crippen LogP contribution in [0.5, 0.6) is 0 Å². The highest BCUT2D eigenvalue weighted by atomic mass is 16.1. The van der Waals surface area contributed by atoms with Crippen LogP contribution in [-0.4, -0.2) is 22.9 Å². The highest BCUT2D eigenvalue weighted by Crippen LogP contribution is 2.20. The minimum absolute atomic E-state index is 0.251. The lowest BCUT2D eigenvalue weighted by molar-refractivity contribution is 0.102. The molecule has 2 aromatic carbocycles. The molecule has 0 fully saturated rings. The molecule has 0 radical (unpaired) electrons. The number of hydrogen-bond acceptors (Lipinski definition) is 4. The minimum atomic E-state index is -0.251. The Morgan fingerprint density at radius 2 is 1.72 bits per heavy atom. The Kier molecular flexibility index (Phi) is 4.75. The molecule has 0 saturated heterocycles. The number of aromatic nitrogens is 2. The molecule has 0 unspecified atom stereocenters. The third-order valence-electron chi connectivity index (χ3n) is 3.79. The van der Waals surface area contributed by atoms with Crippen molar-refractivity contribution in [3.05, 3.63) is 77.6 Å². The standard InChI is InChI=1S/C20H20N4O/c1-14-8-7-9-16(12-14)22-19(25)18-13-15(2)21-20(23-18)24(3)17-10-5-4-6-11-17/h4-13H,1-3H3,(H,22,25). The van der Waals surface area contributed by atoms with Crippen LogP contribution in [0.2, 0.25) is 0 Å². The van der Waals surface area contributed by atoms with Crippen LogP contribution in [0.3, 0.4) is 0 Å². The zero-order valence-electron chi connectivity index (χ0n) is 14.5. The molecule has 3 rings (SSSR count). The third kappa shape index (κ3) is 4.01. The van der Waals surface area contributed by atoms with E-state index >= 15 is 0 Å². The van der Waals surface area contributed by atoms with Crippen molar-refractivity contribution in [3.63, 3.8) is 0 Å². The van der Waals surface area contributed by atoms with Gasteiger partial charge in [0.05, 0.1) is 0 Å². The van der Waals surface area contributed by atoms with Crippen molar-refractivity contribution < 1.29 is 4.79 Å². The summed E-state index contributed by atoms with van der Waals surface area (Å²) in [4.78, 5) is 23.3. The van der Waals surface area contributed by atoms with Crippen LogP contribution < -0.4 is 10.2 Å². The number of amides is 1. The lowest BCUT2D eigenvalue weighted by Gasteiger charge is -2.18. The summed E-state index contributed by atoms with van der Waals surface area (Å²) in [5.74, 6) is 0.236. The zero-order valence-corrected chi connectivity index (χ0v) is 14.5. The van der Waals surface area contributed by atoms with E-state index in [2.05, 4.69) is 15.3 Å². The molecule has 5 heteroatoms. The quantitative estimate of drug-likeness (QED) is 0.781. The van der Waals surface area contributed by atoms with Crippen LogP contribution in [0.1, 0.15) is 21.7 Å². The maximum absolute atomic E-state index is 12.6. The fourth-order valence-corrected chi connectivity index (χ4v) is 2.50. The molecule has 3 aromatic rings. The number of rotatable bonds is 4. The summed E-state index contributed by atoms with van der Waals surface area (Å²) in [5.41, 5.74) is 3.87. The summed E-state index contributed by atoms with van der Waals surface area (Å²) < 4.78 is 0. The molecular weight excluding hydrogens is 312 g/mol. The molecule has 0 aliphatic carbocycles. The minimum Gasteiger partial charge on any atom is -0.321 e. The Morgan fingerprint density at radius 1 is 0.960 bits per heavy atom. The van der Waals surface area contributed by atoms with Crippen LogP contribution in [-0.2, 0) is 0 Å². The number of nitrogens with one attached hydrogen (secondary N) is 1. The highest BCUT2D eigenvalue weighted by Gasteiger charge is 2.14. The lowest BCUT2D eigenvalue weighted by atomic mass is 10.2. The fraction of sp³-hybridized carbons (Fsp3) is 0.150. The Balaban J connectivity index is 1.87. The van der Waals surface area contributed by atoms with Gasteiger partial charge < -0.3 is 10.2 Å². The van der Waals surface area contributed by atoms with E-state index in [0.29, 0.717) is 11.6 Å². The Hall–Kier alpha value is -3.21. The molecule has 0 saturated carbocycles. The van der Waals surface area contributed by atoms with Gasteiger partial charge >= 0.3 is 0 Å². The first kappa shape index (κ1) is 16.6. The monoisotopic (exact) mass is 332 g/mol. The van der Waals surface area contributed by atoms with Crippen LogP contribution in [0, 0.1) is 13.8 Å². The number of nitrogens with zero attached hydrogens (tertiary/aromatic N) is 3. The number of para-hydroxylation sites is 1. The fourth-order valence-electron chi connectivity index (χ4n) is 2.50. The molecule has 0 spiro atoms. The van der Waals surface area contributed by atoms with Gasteiger partial charge in [0.15, 0.2) is 0 Å². The number of aryl methyl sites for hydroxylation is 2. The van der Waals surface area contributed by atoms with Crippen molar-refractivity contribution in [3.8, 4) is 0 Å². The number of anilines is 3. The van der Waals surface area contributed by atoms with Crippen LogP contribution in [0.4, 0.5) is 17.3 Å². The van der Waals surface area contributed by atoms with Gasteiger partial charge in [0.2, 0.25) is 5.95 Å². The average molecular weight is 332 g/mol. The molecule has 1 amide bonds. The van der Waals surface area contributed by atoms with E-state index in [1.807, 2.05) is 80.4 Å². The van der Waals surface area contributed by atoms with Crippen molar-refractivity contribution in [1.29, 1.82) is 0 Å². The molecule has 0 aliphatic rings. The van der Waals surface area contributed by atoms with Crippen molar-refractivity contribution in [1.82, 2.24) is 9.97 Å². The predicted octanol–water partition coefficient (Wildman–Crippen LogP) is 4.11. The maximum Gasteiger partial charge on any atom is 0.274 e. The Labute approximate surface area is 147 Å². The molecule has 1 N–H and O–H groups in total. The molecule has 0 aliphatic heterocycles. The topological polar surface area (TPSA) is 58.1 Å². The largest absolute Gasteiger partial charge is 0.321 e. The van der Waals surface area contributed by atoms with Gasteiger partial charge in [-0.2, -0.15) is 0 Å². The van der Waals surface area contributed by atoms with Gasteiger partial charge in [0.25, 0.3) is 5.91 Å². The first-order chi connectivity index (χ1) is 12.0. The molecule has 25 heavy (non-hydrogen) atoms. The normalized spacial score (nSPS) is 10.4. The van der Waals surface area contributed by atoms with Gasteiger partial charge in [-0.3, -0.25) is 4.79 Å². The molecule has 126 valence electrons. The van der Waals surface area contributed by atoms with Crippen molar-refractivity contribution in [2.45, 2.75) is 13.8 Å². The Morgan fingerprint density at radius 3 is 2.44 bits per heavy atom. The zero-order chi connectivity index (χ0) is 17.8. The van der Waals surface area contributed by atoms with Crippen molar-refractivity contribution in [2.75, 3.05) is 17.3 Å². The lowest BCUT2D eigenvalue weighted by Crippen LogP contribution is -2.19. The number of carbonyl (C=O) groups is 1. The summed E-state index contributed by atoms with van der Waals surface area (Å²) in [6.07, 6.45) is 0. The van der Waals surface area contributed by atoms with Gasteiger partial charge in [-0.1, -0.05) is 30.3 Å². The van der Waals surface area contributed by atoms with Gasteiger partial charge in [0.1, 0.15) is 5.69 Å². The van der Waals surface area contributed by atoms with Crippen molar-refractivity contribution >= 4 is 23.2 Å². The van der Waals surface area contributed by atoms with Gasteiger partial charge in [-0.25, -0.2) is 9.97 Å². The second-order valence-electron chi connectivity index (χ2n) is 5.91. The highest BCUT2D eigenvalue weighted by molar-refractivity contribution is 6.03. The molecule has 5 nitrogen and oxygen atoms in total. The van der Waals surface area contributed by atoms with E-state index in [0.717, 1.165) is 22.6 Å². The number of benzene rings is 2. The second kappa shape index (κ2) is 7.13. The van der Waals surface area contributed by atoms with E-state index in [9.17, 15) is 4.79 Å². The summed E-state index contributed by atoms with van der Waals surface area (Å²) in [5, 5.41) is 2.88.